The maximum Gasteiger partial charge on any atom is 0.276 e. The van der Waals surface area contributed by atoms with Crippen LogP contribution in [-0.2, 0) is 14.4 Å². The first-order valence-electron chi connectivity index (χ1n) is 8.24. The summed E-state index contributed by atoms with van der Waals surface area (Å²) >= 11 is 0. The van der Waals surface area contributed by atoms with Crippen molar-refractivity contribution in [1.29, 1.82) is 0 Å². The van der Waals surface area contributed by atoms with Crippen LogP contribution in [0.4, 0.5) is 0 Å². The van der Waals surface area contributed by atoms with Crippen LogP contribution < -0.4 is 15.6 Å². The molecule has 1 atom stereocenters. The molecular formula is C17H25N3O5. The summed E-state index contributed by atoms with van der Waals surface area (Å²) in [5.74, 6) is -1.05. The highest BCUT2D eigenvalue weighted by molar-refractivity contribution is 5.84. The molecule has 0 spiro atoms. The highest BCUT2D eigenvalue weighted by Gasteiger charge is 2.21. The molecule has 3 amide bonds. The van der Waals surface area contributed by atoms with Crippen LogP contribution in [-0.4, -0.2) is 41.6 Å². The van der Waals surface area contributed by atoms with E-state index in [1.807, 2.05) is 13.0 Å². The Morgan fingerprint density at radius 3 is 2.60 bits per heavy atom. The van der Waals surface area contributed by atoms with Gasteiger partial charge in [0.1, 0.15) is 5.75 Å². The summed E-state index contributed by atoms with van der Waals surface area (Å²) in [6.07, 6.45) is 3.45. The number of nitrogens with one attached hydrogen (secondary N) is 2. The first kappa shape index (κ1) is 20.4. The third kappa shape index (κ3) is 8.71. The number of unbranched alkanes of at least 4 members (excludes halogenated alkanes) is 2. The maximum atomic E-state index is 12.1. The number of benzene rings is 1. The molecule has 0 aromatic heterocycles. The third-order valence-corrected chi connectivity index (χ3v) is 3.49. The van der Waals surface area contributed by atoms with E-state index in [4.69, 9.17) is 4.74 Å². The topological polar surface area (TPSA) is 108 Å². The van der Waals surface area contributed by atoms with Crippen LogP contribution >= 0.6 is 0 Å². The number of nitrogens with zero attached hydrogens (tertiary/aromatic N) is 1. The van der Waals surface area contributed by atoms with Gasteiger partial charge in [-0.2, -0.15) is 0 Å². The van der Waals surface area contributed by atoms with Crippen LogP contribution in [0, 0.1) is 5.92 Å². The van der Waals surface area contributed by atoms with Crippen molar-refractivity contribution >= 4 is 18.2 Å². The van der Waals surface area contributed by atoms with Crippen molar-refractivity contribution in [2.45, 2.75) is 32.6 Å². The minimum absolute atomic E-state index is 0.130. The van der Waals surface area contributed by atoms with Crippen molar-refractivity contribution in [3.05, 3.63) is 30.3 Å². The molecule has 25 heavy (non-hydrogen) atoms. The molecule has 0 aliphatic carbocycles. The molecule has 0 fully saturated rings. The second-order valence-corrected chi connectivity index (χ2v) is 5.56. The smallest absolute Gasteiger partial charge is 0.276 e. The van der Waals surface area contributed by atoms with Gasteiger partial charge in [-0.3, -0.25) is 30.4 Å². The van der Waals surface area contributed by atoms with Crippen molar-refractivity contribution in [2.75, 3.05) is 13.2 Å². The lowest BCUT2D eigenvalue weighted by atomic mass is 10.0. The molecule has 1 aromatic rings. The molecule has 0 aliphatic heterocycles. The Balaban J connectivity index is 2.40. The quantitative estimate of drug-likeness (QED) is 0.241. The summed E-state index contributed by atoms with van der Waals surface area (Å²) in [6, 6.07) is 8.82. The van der Waals surface area contributed by atoms with Gasteiger partial charge in [0.05, 0.1) is 12.5 Å². The molecule has 0 radical (unpaired) electrons. The van der Waals surface area contributed by atoms with E-state index in [2.05, 4.69) is 10.9 Å². The summed E-state index contributed by atoms with van der Waals surface area (Å²) < 4.78 is 5.26. The van der Waals surface area contributed by atoms with Crippen LogP contribution in [0.5, 0.6) is 5.75 Å². The third-order valence-electron chi connectivity index (χ3n) is 3.49. The van der Waals surface area contributed by atoms with Crippen molar-refractivity contribution in [3.8, 4) is 5.75 Å². The Morgan fingerprint density at radius 2 is 1.96 bits per heavy atom. The van der Waals surface area contributed by atoms with Crippen LogP contribution in [0.1, 0.15) is 32.6 Å². The first-order valence-corrected chi connectivity index (χ1v) is 8.24. The van der Waals surface area contributed by atoms with Gasteiger partial charge >= 0.3 is 0 Å². The summed E-state index contributed by atoms with van der Waals surface area (Å²) in [7, 11) is 0. The molecule has 138 valence electrons. The van der Waals surface area contributed by atoms with Gasteiger partial charge in [-0.1, -0.05) is 44.4 Å². The van der Waals surface area contributed by atoms with Crippen LogP contribution in [0.2, 0.25) is 0 Å². The molecule has 8 nitrogen and oxygen atoms in total. The number of hydroxylamine groups is 2. The van der Waals surface area contributed by atoms with E-state index in [1.165, 1.54) is 0 Å². The molecular weight excluding hydrogens is 326 g/mol. The Bertz CT molecular complexity index is 538. The zero-order chi connectivity index (χ0) is 18.5. The number of hydrogen-bond acceptors (Lipinski definition) is 5. The number of rotatable bonds is 11. The molecule has 1 rings (SSSR count). The molecule has 0 saturated heterocycles. The second kappa shape index (κ2) is 11.9. The Hall–Kier alpha value is -2.61. The summed E-state index contributed by atoms with van der Waals surface area (Å²) in [5, 5.41) is 9.73. The predicted molar refractivity (Wildman–Crippen MR) is 90.4 cm³/mol. The van der Waals surface area contributed by atoms with Gasteiger partial charge in [0.15, 0.2) is 6.61 Å². The largest absolute Gasteiger partial charge is 0.484 e. The Kier molecular flexibility index (Phi) is 9.69. The molecule has 1 aromatic carbocycles. The monoisotopic (exact) mass is 351 g/mol. The standard InChI is InChI=1S/C17H25N3O5/c1-2-3-5-8-14(11-20(24)13-21)17(23)19-18-16(22)12-25-15-9-6-4-7-10-15/h4,6-7,9-10,13-14,24H,2-3,5,8,11-12H2,1H3,(H,18,22)(H,19,23)/t14-/m1/s1. The normalized spacial score (nSPS) is 11.3. The lowest BCUT2D eigenvalue weighted by Crippen LogP contribution is -2.48. The van der Waals surface area contributed by atoms with Gasteiger partial charge in [0.2, 0.25) is 12.3 Å². The number of ether oxygens (including phenoxy) is 1. The number of hydrazine groups is 1. The van der Waals surface area contributed by atoms with Gasteiger partial charge in [0, 0.05) is 0 Å². The number of amides is 3. The average Bonchev–Trinajstić information content (AvgIpc) is 2.64. The summed E-state index contributed by atoms with van der Waals surface area (Å²) in [5.41, 5.74) is 4.57. The van der Waals surface area contributed by atoms with Crippen LogP contribution in [0.15, 0.2) is 30.3 Å². The van der Waals surface area contributed by atoms with Crippen LogP contribution in [0.25, 0.3) is 0 Å². The lowest BCUT2D eigenvalue weighted by molar-refractivity contribution is -0.155. The zero-order valence-corrected chi connectivity index (χ0v) is 14.3. The van der Waals surface area contributed by atoms with E-state index in [0.717, 1.165) is 19.3 Å². The minimum atomic E-state index is -0.614. The van der Waals surface area contributed by atoms with Crippen LogP contribution in [0.3, 0.4) is 0 Å². The first-order chi connectivity index (χ1) is 12.1. The SMILES string of the molecule is CCCCC[C@H](CN(O)C=O)C(=O)NNC(=O)COc1ccccc1. The average molecular weight is 351 g/mol. The van der Waals surface area contributed by atoms with Gasteiger partial charge in [-0.25, -0.2) is 5.06 Å². The van der Waals surface area contributed by atoms with E-state index >= 15 is 0 Å². The molecule has 0 unspecified atom stereocenters. The van der Waals surface area contributed by atoms with E-state index in [1.54, 1.807) is 24.3 Å². The second-order valence-electron chi connectivity index (χ2n) is 5.56. The molecule has 0 heterocycles. The van der Waals surface area contributed by atoms with Crippen molar-refractivity contribution in [3.63, 3.8) is 0 Å². The van der Waals surface area contributed by atoms with Gasteiger partial charge in [-0.15, -0.1) is 0 Å². The van der Waals surface area contributed by atoms with Crippen molar-refractivity contribution in [1.82, 2.24) is 15.9 Å². The molecule has 0 saturated carbocycles. The van der Waals surface area contributed by atoms with Gasteiger partial charge in [0.25, 0.3) is 5.91 Å². The van der Waals surface area contributed by atoms with Crippen molar-refractivity contribution in [2.24, 2.45) is 5.92 Å². The minimum Gasteiger partial charge on any atom is -0.484 e. The highest BCUT2D eigenvalue weighted by atomic mass is 16.5. The predicted octanol–water partition coefficient (Wildman–Crippen LogP) is 1.26. The Labute approximate surface area is 147 Å². The zero-order valence-electron chi connectivity index (χ0n) is 14.3. The fourth-order valence-electron chi connectivity index (χ4n) is 2.15. The molecule has 3 N–H and O–H groups in total. The lowest BCUT2D eigenvalue weighted by Gasteiger charge is -2.19. The molecule has 0 bridgehead atoms. The van der Waals surface area contributed by atoms with E-state index in [-0.39, 0.29) is 19.6 Å². The highest BCUT2D eigenvalue weighted by Crippen LogP contribution is 2.11. The van der Waals surface area contributed by atoms with E-state index < -0.39 is 17.7 Å². The molecule has 8 heteroatoms. The van der Waals surface area contributed by atoms with Gasteiger partial charge in [-0.05, 0) is 18.6 Å². The summed E-state index contributed by atoms with van der Waals surface area (Å²) in [6.45, 7) is 1.66. The number of carbonyl (C=O) groups excluding carboxylic acids is 3. The number of hydrogen-bond donors (Lipinski definition) is 3. The number of para-hydroxylation sites is 1. The number of carbonyl (C=O) groups is 3. The summed E-state index contributed by atoms with van der Waals surface area (Å²) in [4.78, 5) is 34.4. The fourth-order valence-corrected chi connectivity index (χ4v) is 2.15. The molecule has 0 aliphatic rings. The van der Waals surface area contributed by atoms with E-state index in [9.17, 15) is 19.6 Å². The van der Waals surface area contributed by atoms with E-state index in [0.29, 0.717) is 17.2 Å². The fraction of sp³-hybridized carbons (Fsp3) is 0.471. The van der Waals surface area contributed by atoms with Gasteiger partial charge < -0.3 is 4.74 Å². The Morgan fingerprint density at radius 1 is 1.24 bits per heavy atom. The maximum absolute atomic E-state index is 12.1. The van der Waals surface area contributed by atoms with Crippen molar-refractivity contribution < 1.29 is 24.3 Å².